The minimum Gasteiger partial charge on any atom is -0.480 e. The van der Waals surface area contributed by atoms with Crippen molar-refractivity contribution in [2.75, 3.05) is 19.6 Å². The molecule has 4 atom stereocenters. The molecule has 0 heterocycles. The van der Waals surface area contributed by atoms with Gasteiger partial charge in [0, 0.05) is 19.6 Å². The van der Waals surface area contributed by atoms with Gasteiger partial charge >= 0.3 is 17.9 Å². The lowest BCUT2D eigenvalue weighted by Crippen LogP contribution is -2.53. The van der Waals surface area contributed by atoms with Gasteiger partial charge in [0.15, 0.2) is 0 Å². The van der Waals surface area contributed by atoms with Crippen LogP contribution in [-0.2, 0) is 14.4 Å². The molecular formula is C17H30N2O7. The molecule has 0 aliphatic rings. The Kier molecular flexibility index (Phi) is 10.7. The molecule has 0 bridgehead atoms. The van der Waals surface area contributed by atoms with Crippen LogP contribution < -0.4 is 0 Å². The maximum Gasteiger partial charge on any atom is 0.320 e. The monoisotopic (exact) mass is 374 g/mol. The van der Waals surface area contributed by atoms with Crippen LogP contribution in [0.15, 0.2) is 12.2 Å². The van der Waals surface area contributed by atoms with Crippen molar-refractivity contribution < 1.29 is 34.8 Å². The van der Waals surface area contributed by atoms with Crippen molar-refractivity contribution in [2.24, 2.45) is 0 Å². The first-order valence-corrected chi connectivity index (χ1v) is 8.50. The van der Waals surface area contributed by atoms with E-state index in [1.165, 1.54) is 30.6 Å². The highest BCUT2D eigenvalue weighted by molar-refractivity contribution is 5.77. The van der Waals surface area contributed by atoms with Crippen molar-refractivity contribution in [3.63, 3.8) is 0 Å². The molecule has 4 N–H and O–H groups in total. The minimum atomic E-state index is -1.16. The standard InChI is InChI=1S/C17H30N2O7/c1-5-6-7-14(20)10-18(11(2)15(21)22)8-9-19(12(3)16(23)24)13(4)17(25)26/h5-6,11-14,20H,7-10H2,1-4H3,(H,21,22)(H,23,24)(H,25,26)/b6-5+. The fourth-order valence-electron chi connectivity index (χ4n) is 2.49. The highest BCUT2D eigenvalue weighted by atomic mass is 16.4. The lowest BCUT2D eigenvalue weighted by Gasteiger charge is -2.34. The lowest BCUT2D eigenvalue weighted by atomic mass is 10.1. The molecule has 150 valence electrons. The summed E-state index contributed by atoms with van der Waals surface area (Å²) in [4.78, 5) is 36.6. The first kappa shape index (κ1) is 24.0. The summed E-state index contributed by atoms with van der Waals surface area (Å²) in [6.07, 6.45) is 3.12. The van der Waals surface area contributed by atoms with Crippen molar-refractivity contribution in [1.82, 2.24) is 9.80 Å². The second-order valence-electron chi connectivity index (χ2n) is 6.23. The first-order chi connectivity index (χ1) is 12.0. The molecule has 0 aliphatic heterocycles. The molecule has 0 aromatic heterocycles. The number of aliphatic hydroxyl groups is 1. The van der Waals surface area contributed by atoms with Crippen molar-refractivity contribution in [2.45, 2.75) is 58.3 Å². The molecule has 0 saturated heterocycles. The van der Waals surface area contributed by atoms with Gasteiger partial charge in [-0.1, -0.05) is 12.2 Å². The Bertz CT molecular complexity index is 489. The van der Waals surface area contributed by atoms with Gasteiger partial charge in [0.25, 0.3) is 0 Å². The van der Waals surface area contributed by atoms with Crippen molar-refractivity contribution >= 4 is 17.9 Å². The molecule has 0 saturated carbocycles. The first-order valence-electron chi connectivity index (χ1n) is 8.50. The van der Waals surface area contributed by atoms with E-state index in [4.69, 9.17) is 0 Å². The number of allylic oxidation sites excluding steroid dienone is 1. The number of rotatable bonds is 13. The fourth-order valence-corrected chi connectivity index (χ4v) is 2.49. The summed E-state index contributed by atoms with van der Waals surface area (Å²) < 4.78 is 0. The predicted octanol–water partition coefficient (Wildman–Crippen LogP) is 0.337. The quantitative estimate of drug-likeness (QED) is 0.336. The van der Waals surface area contributed by atoms with Crippen LogP contribution in [-0.4, -0.2) is 92.0 Å². The Hall–Kier alpha value is -1.97. The van der Waals surface area contributed by atoms with Gasteiger partial charge in [0.05, 0.1) is 6.10 Å². The zero-order chi connectivity index (χ0) is 20.4. The van der Waals surface area contributed by atoms with Crippen LogP contribution in [0.5, 0.6) is 0 Å². The van der Waals surface area contributed by atoms with Gasteiger partial charge in [-0.15, -0.1) is 0 Å². The van der Waals surface area contributed by atoms with Crippen LogP contribution >= 0.6 is 0 Å². The second kappa shape index (κ2) is 11.6. The van der Waals surface area contributed by atoms with Crippen molar-refractivity contribution in [3.05, 3.63) is 12.2 Å². The number of carboxylic acid groups (broad SMARTS) is 3. The Labute approximate surface area is 153 Å². The summed E-state index contributed by atoms with van der Waals surface area (Å²) in [7, 11) is 0. The predicted molar refractivity (Wildman–Crippen MR) is 95.0 cm³/mol. The summed E-state index contributed by atoms with van der Waals surface area (Å²) >= 11 is 0. The molecule has 4 unspecified atom stereocenters. The minimum absolute atomic E-state index is 0.0366. The van der Waals surface area contributed by atoms with E-state index in [9.17, 15) is 34.8 Å². The molecule has 0 fully saturated rings. The van der Waals surface area contributed by atoms with Crippen molar-refractivity contribution in [1.29, 1.82) is 0 Å². The second-order valence-corrected chi connectivity index (χ2v) is 6.23. The maximum absolute atomic E-state index is 11.3. The van der Waals surface area contributed by atoms with Crippen LogP contribution in [0, 0.1) is 0 Å². The van der Waals surface area contributed by atoms with Crippen molar-refractivity contribution in [3.8, 4) is 0 Å². The topological polar surface area (TPSA) is 139 Å². The van der Waals surface area contributed by atoms with Gasteiger partial charge in [-0.2, -0.15) is 0 Å². The van der Waals surface area contributed by atoms with Gasteiger partial charge < -0.3 is 20.4 Å². The van der Waals surface area contributed by atoms with Gasteiger partial charge in [0.1, 0.15) is 18.1 Å². The Balaban J connectivity index is 5.22. The molecule has 0 aliphatic carbocycles. The Morgan fingerprint density at radius 1 is 0.885 bits per heavy atom. The molecule has 0 radical (unpaired) electrons. The number of carboxylic acids is 3. The molecule has 9 nitrogen and oxygen atoms in total. The molecular weight excluding hydrogens is 344 g/mol. The highest BCUT2D eigenvalue weighted by Crippen LogP contribution is 2.10. The van der Waals surface area contributed by atoms with E-state index in [1.54, 1.807) is 12.2 Å². The molecule has 9 heteroatoms. The normalized spacial score (nSPS) is 16.6. The third kappa shape index (κ3) is 7.94. The van der Waals surface area contributed by atoms with E-state index in [-0.39, 0.29) is 19.6 Å². The van der Waals surface area contributed by atoms with Crippen LogP contribution in [0.2, 0.25) is 0 Å². The summed E-state index contributed by atoms with van der Waals surface area (Å²) in [5.41, 5.74) is 0. The molecule has 26 heavy (non-hydrogen) atoms. The lowest BCUT2D eigenvalue weighted by molar-refractivity contribution is -0.151. The number of aliphatic carboxylic acids is 3. The highest BCUT2D eigenvalue weighted by Gasteiger charge is 2.31. The van der Waals surface area contributed by atoms with E-state index in [2.05, 4.69) is 0 Å². The average Bonchev–Trinajstić information content (AvgIpc) is 2.57. The molecule has 0 amide bonds. The summed E-state index contributed by atoms with van der Waals surface area (Å²) in [6, 6.07) is -3.00. The summed E-state index contributed by atoms with van der Waals surface area (Å²) in [5, 5.41) is 37.7. The largest absolute Gasteiger partial charge is 0.480 e. The van der Waals surface area contributed by atoms with Gasteiger partial charge in [-0.25, -0.2) is 0 Å². The number of hydrogen-bond donors (Lipinski definition) is 4. The van der Waals surface area contributed by atoms with E-state index >= 15 is 0 Å². The van der Waals surface area contributed by atoms with E-state index < -0.39 is 42.1 Å². The van der Waals surface area contributed by atoms with Crippen LogP contribution in [0.4, 0.5) is 0 Å². The molecule has 0 rings (SSSR count). The third-order valence-corrected chi connectivity index (χ3v) is 4.35. The SMILES string of the molecule is C/C=C/CC(O)CN(CCN(C(C)C(=O)O)C(C)C(=O)O)C(C)C(=O)O. The van der Waals surface area contributed by atoms with Crippen LogP contribution in [0.3, 0.4) is 0 Å². The summed E-state index contributed by atoms with van der Waals surface area (Å²) in [6.45, 7) is 6.26. The third-order valence-electron chi connectivity index (χ3n) is 4.35. The van der Waals surface area contributed by atoms with Crippen LogP contribution in [0.25, 0.3) is 0 Å². The zero-order valence-corrected chi connectivity index (χ0v) is 15.7. The molecule has 0 aromatic carbocycles. The van der Waals surface area contributed by atoms with Gasteiger partial charge in [-0.05, 0) is 34.1 Å². The number of nitrogens with zero attached hydrogens (tertiary/aromatic N) is 2. The number of carbonyl (C=O) groups is 3. The van der Waals surface area contributed by atoms with Gasteiger partial charge in [0.2, 0.25) is 0 Å². The number of hydrogen-bond acceptors (Lipinski definition) is 6. The Morgan fingerprint density at radius 2 is 1.35 bits per heavy atom. The summed E-state index contributed by atoms with van der Waals surface area (Å²) in [5.74, 6) is -3.40. The maximum atomic E-state index is 11.3. The smallest absolute Gasteiger partial charge is 0.320 e. The van der Waals surface area contributed by atoms with Gasteiger partial charge in [-0.3, -0.25) is 24.2 Å². The number of aliphatic hydroxyl groups excluding tert-OH is 1. The van der Waals surface area contributed by atoms with E-state index in [0.29, 0.717) is 6.42 Å². The molecule has 0 spiro atoms. The Morgan fingerprint density at radius 3 is 1.73 bits per heavy atom. The zero-order valence-electron chi connectivity index (χ0n) is 15.7. The van der Waals surface area contributed by atoms with Crippen LogP contribution in [0.1, 0.15) is 34.1 Å². The fraction of sp³-hybridized carbons (Fsp3) is 0.706. The molecule has 0 aromatic rings. The van der Waals surface area contributed by atoms with E-state index in [1.807, 2.05) is 6.92 Å². The average molecular weight is 374 g/mol. The van der Waals surface area contributed by atoms with E-state index in [0.717, 1.165) is 0 Å².